The lowest BCUT2D eigenvalue weighted by atomic mass is 10.1. The summed E-state index contributed by atoms with van der Waals surface area (Å²) in [5, 5.41) is 15.9. The van der Waals surface area contributed by atoms with Crippen molar-refractivity contribution < 1.29 is 32.3 Å². The second-order valence-corrected chi connectivity index (χ2v) is 8.95. The van der Waals surface area contributed by atoms with Gasteiger partial charge in [-0.3, -0.25) is 9.69 Å². The number of hydrogen-bond donors (Lipinski definition) is 1. The number of piperazine rings is 1. The molecule has 4 aromatic rings. The van der Waals surface area contributed by atoms with Crippen molar-refractivity contribution in [2.75, 3.05) is 26.7 Å². The third-order valence-electron chi connectivity index (χ3n) is 6.20. The molecule has 1 saturated heterocycles. The molecule has 1 amide bonds. The largest absolute Gasteiger partial charge is 0.490 e. The van der Waals surface area contributed by atoms with Gasteiger partial charge in [0, 0.05) is 37.1 Å². The van der Waals surface area contributed by atoms with Crippen LogP contribution < -0.4 is 0 Å². The van der Waals surface area contributed by atoms with Gasteiger partial charge in [-0.05, 0) is 49.9 Å². The number of alkyl halides is 3. The molecule has 1 N–H and O–H groups in total. The number of pyridine rings is 2. The predicted molar refractivity (Wildman–Crippen MR) is 132 cm³/mol. The zero-order valence-electron chi connectivity index (χ0n) is 20.9. The zero-order chi connectivity index (χ0) is 28.3. The molecule has 0 spiro atoms. The molecule has 13 heteroatoms. The van der Waals surface area contributed by atoms with E-state index in [1.54, 1.807) is 16.6 Å². The number of carboxylic acid groups (broad SMARTS) is 1. The summed E-state index contributed by atoms with van der Waals surface area (Å²) in [6.45, 7) is 3.74. The Kier molecular flexibility index (Phi) is 7.90. The van der Waals surface area contributed by atoms with Gasteiger partial charge < -0.3 is 10.0 Å². The van der Waals surface area contributed by atoms with Crippen molar-refractivity contribution >= 4 is 17.4 Å². The normalized spacial score (nSPS) is 16.1. The van der Waals surface area contributed by atoms with Crippen LogP contribution in [-0.2, 0) is 4.79 Å². The van der Waals surface area contributed by atoms with Crippen molar-refractivity contribution in [2.24, 2.45) is 0 Å². The molecule has 1 aliphatic heterocycles. The van der Waals surface area contributed by atoms with Crippen LogP contribution in [0, 0.1) is 12.7 Å². The Bertz CT molecular complexity index is 1510. The second kappa shape index (κ2) is 11.2. The fourth-order valence-corrected chi connectivity index (χ4v) is 4.17. The van der Waals surface area contributed by atoms with Gasteiger partial charge in [-0.2, -0.15) is 13.2 Å². The maximum Gasteiger partial charge on any atom is 0.490 e. The first-order valence-electron chi connectivity index (χ1n) is 11.8. The smallest absolute Gasteiger partial charge is 0.475 e. The van der Waals surface area contributed by atoms with Crippen LogP contribution in [0.25, 0.3) is 16.6 Å². The average Bonchev–Trinajstić information content (AvgIpc) is 3.31. The summed E-state index contributed by atoms with van der Waals surface area (Å²) in [6, 6.07) is 15.8. The molecule has 1 fully saturated rings. The molecule has 4 heterocycles. The van der Waals surface area contributed by atoms with Gasteiger partial charge in [-0.15, -0.1) is 5.10 Å². The summed E-state index contributed by atoms with van der Waals surface area (Å²) in [7, 11) is 2.03. The molecular weight excluding hydrogens is 520 g/mol. The molecule has 0 saturated carbocycles. The molecule has 1 unspecified atom stereocenters. The first-order valence-corrected chi connectivity index (χ1v) is 11.8. The van der Waals surface area contributed by atoms with Crippen LogP contribution in [0.2, 0.25) is 0 Å². The molecule has 0 bridgehead atoms. The number of halogens is 4. The van der Waals surface area contributed by atoms with Crippen molar-refractivity contribution in [3.8, 4) is 11.1 Å². The highest BCUT2D eigenvalue weighted by molar-refractivity contribution is 5.92. The second-order valence-electron chi connectivity index (χ2n) is 8.95. The Balaban J connectivity index is 0.000000448. The number of carboxylic acids is 1. The fourth-order valence-electron chi connectivity index (χ4n) is 4.17. The monoisotopic (exact) mass is 544 g/mol. The summed E-state index contributed by atoms with van der Waals surface area (Å²) in [6.07, 6.45) is -3.23. The summed E-state index contributed by atoms with van der Waals surface area (Å²) in [5.74, 6) is -3.11. The van der Waals surface area contributed by atoms with E-state index in [0.717, 1.165) is 34.6 Å². The SMILES string of the molecule is Cc1cccc(C(=O)N2CCN(C)C(c3nnn4cc(-c5cccc(F)c5)ccc34)C2)n1.O=C(O)C(F)(F)F. The van der Waals surface area contributed by atoms with E-state index < -0.39 is 12.1 Å². The minimum atomic E-state index is -5.08. The maximum atomic E-state index is 13.6. The van der Waals surface area contributed by atoms with Gasteiger partial charge in [-0.1, -0.05) is 29.5 Å². The van der Waals surface area contributed by atoms with Crippen molar-refractivity contribution in [1.29, 1.82) is 0 Å². The molecule has 3 aromatic heterocycles. The number of rotatable bonds is 3. The van der Waals surface area contributed by atoms with E-state index in [1.165, 1.54) is 12.1 Å². The van der Waals surface area contributed by atoms with Crippen LogP contribution >= 0.6 is 0 Å². The number of aryl methyl sites for hydroxylation is 1. The van der Waals surface area contributed by atoms with Crippen LogP contribution in [0.5, 0.6) is 0 Å². The first-order chi connectivity index (χ1) is 18.4. The minimum absolute atomic E-state index is 0.0725. The van der Waals surface area contributed by atoms with E-state index >= 15 is 0 Å². The highest BCUT2D eigenvalue weighted by Crippen LogP contribution is 2.28. The van der Waals surface area contributed by atoms with Gasteiger partial charge in [0.15, 0.2) is 0 Å². The molecule has 204 valence electrons. The maximum absolute atomic E-state index is 13.6. The fraction of sp³-hybridized carbons (Fsp3) is 0.269. The Morgan fingerprint density at radius 3 is 2.41 bits per heavy atom. The highest BCUT2D eigenvalue weighted by atomic mass is 19.4. The van der Waals surface area contributed by atoms with Gasteiger partial charge in [0.05, 0.1) is 11.6 Å². The molecule has 9 nitrogen and oxygen atoms in total. The average molecular weight is 545 g/mol. The number of benzene rings is 1. The van der Waals surface area contributed by atoms with Crippen molar-refractivity contribution in [3.05, 3.63) is 83.7 Å². The molecule has 1 aromatic carbocycles. The lowest BCUT2D eigenvalue weighted by Crippen LogP contribution is -2.49. The number of amides is 1. The number of nitrogens with zero attached hydrogens (tertiary/aromatic N) is 6. The molecule has 0 aliphatic carbocycles. The number of carbonyl (C=O) groups is 2. The topological polar surface area (TPSA) is 104 Å². The Morgan fingerprint density at radius 1 is 1.03 bits per heavy atom. The van der Waals surface area contributed by atoms with E-state index in [9.17, 15) is 22.4 Å². The van der Waals surface area contributed by atoms with Crippen LogP contribution in [0.3, 0.4) is 0 Å². The lowest BCUT2D eigenvalue weighted by molar-refractivity contribution is -0.192. The number of aromatic nitrogens is 4. The Hall–Kier alpha value is -4.39. The predicted octanol–water partition coefficient (Wildman–Crippen LogP) is 4.00. The minimum Gasteiger partial charge on any atom is -0.475 e. The third kappa shape index (κ3) is 6.37. The van der Waals surface area contributed by atoms with Gasteiger partial charge >= 0.3 is 12.1 Å². The van der Waals surface area contributed by atoms with E-state index in [-0.39, 0.29) is 17.8 Å². The van der Waals surface area contributed by atoms with Gasteiger partial charge in [0.1, 0.15) is 17.2 Å². The van der Waals surface area contributed by atoms with Crippen LogP contribution in [0.4, 0.5) is 17.6 Å². The molecule has 5 rings (SSSR count). The summed E-state index contributed by atoms with van der Waals surface area (Å²) in [4.78, 5) is 30.3. The third-order valence-corrected chi connectivity index (χ3v) is 6.20. The highest BCUT2D eigenvalue weighted by Gasteiger charge is 2.38. The molecular formula is C26H24F4N6O3. The molecule has 39 heavy (non-hydrogen) atoms. The van der Waals surface area contributed by atoms with Gasteiger partial charge in [0.25, 0.3) is 5.91 Å². The number of fused-ring (bicyclic) bond motifs is 1. The van der Waals surface area contributed by atoms with Crippen LogP contribution in [0.1, 0.15) is 27.9 Å². The Labute approximate surface area is 220 Å². The number of aliphatic carboxylic acids is 1. The van der Waals surface area contributed by atoms with E-state index in [1.807, 2.05) is 55.4 Å². The molecule has 1 aliphatic rings. The van der Waals surface area contributed by atoms with E-state index in [2.05, 4.69) is 20.2 Å². The van der Waals surface area contributed by atoms with Gasteiger partial charge in [-0.25, -0.2) is 18.7 Å². The number of hydrogen-bond acceptors (Lipinski definition) is 6. The Morgan fingerprint density at radius 2 is 1.74 bits per heavy atom. The zero-order valence-corrected chi connectivity index (χ0v) is 20.9. The van der Waals surface area contributed by atoms with Crippen LogP contribution in [-0.4, -0.2) is 79.5 Å². The summed E-state index contributed by atoms with van der Waals surface area (Å²) in [5.41, 5.74) is 4.59. The summed E-state index contributed by atoms with van der Waals surface area (Å²) < 4.78 is 47.1. The number of likely N-dealkylation sites (N-methyl/N-ethyl adjacent to an activating group) is 1. The molecule has 0 radical (unpaired) electrons. The molecule has 1 atom stereocenters. The van der Waals surface area contributed by atoms with E-state index in [4.69, 9.17) is 9.90 Å². The van der Waals surface area contributed by atoms with Gasteiger partial charge in [0.2, 0.25) is 0 Å². The van der Waals surface area contributed by atoms with Crippen molar-refractivity contribution in [1.82, 2.24) is 29.6 Å². The standard InChI is InChI=1S/C24H23FN6O.C2HF3O2/c1-16-5-3-8-20(26-16)24(32)30-12-11-29(2)22(15-30)23-21-10-9-18(14-31(21)28-27-23)17-6-4-7-19(25)13-17;3-2(4,5)1(6)7/h3-10,13-14,22H,11-12,15H2,1-2H3;(H,6,7). The van der Waals surface area contributed by atoms with E-state index in [0.29, 0.717) is 18.8 Å². The first kappa shape index (κ1) is 27.6. The van der Waals surface area contributed by atoms with Crippen molar-refractivity contribution in [3.63, 3.8) is 0 Å². The summed E-state index contributed by atoms with van der Waals surface area (Å²) >= 11 is 0. The van der Waals surface area contributed by atoms with Crippen LogP contribution in [0.15, 0.2) is 60.8 Å². The number of carbonyl (C=O) groups excluding carboxylic acids is 1. The lowest BCUT2D eigenvalue weighted by Gasteiger charge is -2.38. The van der Waals surface area contributed by atoms with Crippen molar-refractivity contribution in [2.45, 2.75) is 19.1 Å². The quantitative estimate of drug-likeness (QED) is 0.389.